The SMILES string of the molecule is CCC(NS(=O)(=O)Cc1ccccc1N)C1CCCCC1. The number of para-hydroxylation sites is 1. The number of nitrogens with one attached hydrogen (secondary N) is 1. The van der Waals surface area contributed by atoms with Gasteiger partial charge in [0.1, 0.15) is 0 Å². The van der Waals surface area contributed by atoms with Gasteiger partial charge in [0.2, 0.25) is 10.0 Å². The maximum absolute atomic E-state index is 12.4. The first kappa shape index (κ1) is 16.3. The monoisotopic (exact) mass is 310 g/mol. The van der Waals surface area contributed by atoms with Crippen molar-refractivity contribution in [2.75, 3.05) is 5.73 Å². The van der Waals surface area contributed by atoms with Gasteiger partial charge in [0.25, 0.3) is 0 Å². The molecule has 1 atom stereocenters. The van der Waals surface area contributed by atoms with Crippen LogP contribution in [0.25, 0.3) is 0 Å². The second-order valence-corrected chi connectivity index (χ2v) is 7.74. The van der Waals surface area contributed by atoms with Gasteiger partial charge in [-0.2, -0.15) is 0 Å². The second-order valence-electron chi connectivity index (χ2n) is 5.99. The van der Waals surface area contributed by atoms with Crippen LogP contribution in [-0.4, -0.2) is 14.5 Å². The summed E-state index contributed by atoms with van der Waals surface area (Å²) in [6.45, 7) is 2.05. The molecule has 1 aromatic carbocycles. The lowest BCUT2D eigenvalue weighted by Gasteiger charge is -2.30. The third-order valence-corrected chi connectivity index (χ3v) is 5.74. The molecule has 21 heavy (non-hydrogen) atoms. The van der Waals surface area contributed by atoms with E-state index >= 15 is 0 Å². The van der Waals surface area contributed by atoms with Gasteiger partial charge in [-0.15, -0.1) is 0 Å². The van der Waals surface area contributed by atoms with Crippen LogP contribution < -0.4 is 10.5 Å². The number of hydrogen-bond acceptors (Lipinski definition) is 3. The van der Waals surface area contributed by atoms with Crippen LogP contribution in [0, 0.1) is 5.92 Å². The summed E-state index contributed by atoms with van der Waals surface area (Å²) in [5, 5.41) is 0. The summed E-state index contributed by atoms with van der Waals surface area (Å²) < 4.78 is 27.7. The molecular formula is C16H26N2O2S. The highest BCUT2D eigenvalue weighted by Gasteiger charge is 2.26. The lowest BCUT2D eigenvalue weighted by Crippen LogP contribution is -2.41. The van der Waals surface area contributed by atoms with E-state index in [1.165, 1.54) is 19.3 Å². The maximum Gasteiger partial charge on any atom is 0.216 e. The Hall–Kier alpha value is -1.07. The average Bonchev–Trinajstić information content (AvgIpc) is 2.48. The van der Waals surface area contributed by atoms with Crippen molar-refractivity contribution >= 4 is 15.7 Å². The first-order valence-electron chi connectivity index (χ1n) is 7.85. The van der Waals surface area contributed by atoms with E-state index in [0.717, 1.165) is 19.3 Å². The predicted molar refractivity (Wildman–Crippen MR) is 87.3 cm³/mol. The lowest BCUT2D eigenvalue weighted by atomic mass is 9.83. The van der Waals surface area contributed by atoms with Crippen LogP contribution in [0.2, 0.25) is 0 Å². The quantitative estimate of drug-likeness (QED) is 0.793. The Balaban J connectivity index is 2.03. The van der Waals surface area contributed by atoms with Gasteiger partial charge < -0.3 is 5.73 Å². The fourth-order valence-corrected chi connectivity index (χ4v) is 4.77. The van der Waals surface area contributed by atoms with Gasteiger partial charge in [-0.05, 0) is 36.8 Å². The molecule has 0 bridgehead atoms. The van der Waals surface area contributed by atoms with Crippen molar-refractivity contribution in [1.29, 1.82) is 0 Å². The van der Waals surface area contributed by atoms with E-state index in [9.17, 15) is 8.42 Å². The van der Waals surface area contributed by atoms with Crippen LogP contribution in [0.15, 0.2) is 24.3 Å². The Morgan fingerprint density at radius 3 is 2.52 bits per heavy atom. The molecule has 0 heterocycles. The zero-order chi connectivity index (χ0) is 15.3. The summed E-state index contributed by atoms with van der Waals surface area (Å²) >= 11 is 0. The highest BCUT2D eigenvalue weighted by atomic mass is 32.2. The van der Waals surface area contributed by atoms with E-state index in [2.05, 4.69) is 11.6 Å². The number of nitrogens with two attached hydrogens (primary N) is 1. The fraction of sp³-hybridized carbons (Fsp3) is 0.625. The van der Waals surface area contributed by atoms with Gasteiger partial charge in [-0.1, -0.05) is 44.4 Å². The highest BCUT2D eigenvalue weighted by molar-refractivity contribution is 7.88. The molecule has 4 nitrogen and oxygen atoms in total. The molecule has 1 saturated carbocycles. The molecule has 0 aliphatic heterocycles. The van der Waals surface area contributed by atoms with Gasteiger partial charge >= 0.3 is 0 Å². The summed E-state index contributed by atoms with van der Waals surface area (Å²) in [6, 6.07) is 7.20. The Morgan fingerprint density at radius 2 is 1.90 bits per heavy atom. The van der Waals surface area contributed by atoms with Crippen LogP contribution in [0.1, 0.15) is 51.0 Å². The van der Waals surface area contributed by atoms with Gasteiger partial charge in [0, 0.05) is 11.7 Å². The minimum Gasteiger partial charge on any atom is -0.398 e. The molecule has 1 unspecified atom stereocenters. The standard InChI is InChI=1S/C16H26N2O2S/c1-2-16(13-8-4-3-5-9-13)18-21(19,20)12-14-10-6-7-11-15(14)17/h6-7,10-11,13,16,18H,2-5,8-9,12,17H2,1H3. The highest BCUT2D eigenvalue weighted by Crippen LogP contribution is 2.28. The van der Waals surface area contributed by atoms with Gasteiger partial charge in [0.05, 0.1) is 5.75 Å². The summed E-state index contributed by atoms with van der Waals surface area (Å²) in [7, 11) is -3.35. The second kappa shape index (κ2) is 7.27. The average molecular weight is 310 g/mol. The number of anilines is 1. The molecule has 0 amide bonds. The molecule has 1 aliphatic rings. The van der Waals surface area contributed by atoms with E-state index < -0.39 is 10.0 Å². The Morgan fingerprint density at radius 1 is 1.24 bits per heavy atom. The van der Waals surface area contributed by atoms with Crippen LogP contribution in [0.3, 0.4) is 0 Å². The normalized spacial score (nSPS) is 18.5. The third kappa shape index (κ3) is 4.71. The van der Waals surface area contributed by atoms with E-state index in [1.807, 2.05) is 12.1 Å². The van der Waals surface area contributed by atoms with Gasteiger partial charge in [-0.25, -0.2) is 13.1 Å². The molecule has 1 fully saturated rings. The molecule has 0 spiro atoms. The van der Waals surface area contributed by atoms with E-state index in [4.69, 9.17) is 5.73 Å². The van der Waals surface area contributed by atoms with E-state index in [-0.39, 0.29) is 11.8 Å². The Labute approximate surface area is 128 Å². The topological polar surface area (TPSA) is 72.2 Å². The summed E-state index contributed by atoms with van der Waals surface area (Å²) in [6.07, 6.45) is 6.82. The van der Waals surface area contributed by atoms with Crippen molar-refractivity contribution in [2.45, 2.75) is 57.2 Å². The zero-order valence-electron chi connectivity index (χ0n) is 12.7. The molecule has 3 N–H and O–H groups in total. The van der Waals surface area contributed by atoms with Crippen LogP contribution in [0.4, 0.5) is 5.69 Å². The maximum atomic E-state index is 12.4. The fourth-order valence-electron chi connectivity index (χ4n) is 3.19. The number of benzene rings is 1. The van der Waals surface area contributed by atoms with Crippen molar-refractivity contribution < 1.29 is 8.42 Å². The molecule has 118 valence electrons. The molecular weight excluding hydrogens is 284 g/mol. The number of sulfonamides is 1. The molecule has 1 aliphatic carbocycles. The summed E-state index contributed by atoms with van der Waals surface area (Å²) in [5.74, 6) is 0.440. The van der Waals surface area contributed by atoms with Crippen molar-refractivity contribution in [2.24, 2.45) is 5.92 Å². The molecule has 2 rings (SSSR count). The van der Waals surface area contributed by atoms with E-state index in [1.54, 1.807) is 12.1 Å². The Kier molecular flexibility index (Phi) is 5.65. The predicted octanol–water partition coefficient (Wildman–Crippen LogP) is 3.05. The van der Waals surface area contributed by atoms with Crippen LogP contribution in [0.5, 0.6) is 0 Å². The largest absolute Gasteiger partial charge is 0.398 e. The Bertz CT molecular complexity index is 551. The minimum absolute atomic E-state index is 0.0388. The third-order valence-electron chi connectivity index (χ3n) is 4.39. The van der Waals surface area contributed by atoms with E-state index in [0.29, 0.717) is 17.2 Å². The summed E-state index contributed by atoms with van der Waals surface area (Å²) in [5.41, 5.74) is 7.05. The molecule has 0 radical (unpaired) electrons. The molecule has 0 aromatic heterocycles. The summed E-state index contributed by atoms with van der Waals surface area (Å²) in [4.78, 5) is 0. The van der Waals surface area contributed by atoms with Crippen molar-refractivity contribution in [3.63, 3.8) is 0 Å². The lowest BCUT2D eigenvalue weighted by molar-refractivity contribution is 0.285. The van der Waals surface area contributed by atoms with Crippen molar-refractivity contribution in [1.82, 2.24) is 4.72 Å². The first-order valence-corrected chi connectivity index (χ1v) is 9.50. The van der Waals surface area contributed by atoms with Gasteiger partial charge in [-0.3, -0.25) is 0 Å². The number of hydrogen-bond donors (Lipinski definition) is 2. The van der Waals surface area contributed by atoms with Crippen LogP contribution >= 0.6 is 0 Å². The minimum atomic E-state index is -3.35. The van der Waals surface area contributed by atoms with Gasteiger partial charge in [0.15, 0.2) is 0 Å². The van der Waals surface area contributed by atoms with Crippen molar-refractivity contribution in [3.8, 4) is 0 Å². The number of nitrogen functional groups attached to an aromatic ring is 1. The number of rotatable bonds is 6. The van der Waals surface area contributed by atoms with Crippen LogP contribution in [-0.2, 0) is 15.8 Å². The van der Waals surface area contributed by atoms with Crippen molar-refractivity contribution in [3.05, 3.63) is 29.8 Å². The molecule has 5 heteroatoms. The zero-order valence-corrected chi connectivity index (χ0v) is 13.5. The molecule has 0 saturated heterocycles. The first-order chi connectivity index (χ1) is 10.0. The molecule has 1 aromatic rings. The smallest absolute Gasteiger partial charge is 0.216 e.